The highest BCUT2D eigenvalue weighted by atomic mass is 79.9. The number of carbonyl (C=O) groups is 1. The van der Waals surface area contributed by atoms with Crippen LogP contribution in [0.5, 0.6) is 0 Å². The molecular formula is C5H3BrO3. The molecule has 3 nitrogen and oxygen atoms in total. The second-order valence-corrected chi connectivity index (χ2v) is 2.29. The van der Waals surface area contributed by atoms with E-state index in [1.165, 1.54) is 12.5 Å². The zero-order valence-corrected chi connectivity index (χ0v) is 5.88. The fourth-order valence-corrected chi connectivity index (χ4v) is 0.805. The number of rotatable bonds is 1. The Bertz CT molecular complexity index is 228. The molecule has 0 bridgehead atoms. The van der Waals surface area contributed by atoms with Crippen molar-refractivity contribution < 1.29 is 14.3 Å². The summed E-state index contributed by atoms with van der Waals surface area (Å²) < 4.78 is 5.05. The molecule has 0 atom stereocenters. The van der Waals surface area contributed by atoms with Gasteiger partial charge in [-0.05, 0) is 15.9 Å². The van der Waals surface area contributed by atoms with E-state index >= 15 is 0 Å². The van der Waals surface area contributed by atoms with Crippen molar-refractivity contribution in [1.29, 1.82) is 0 Å². The van der Waals surface area contributed by atoms with Gasteiger partial charge in [0.05, 0.1) is 4.47 Å². The first-order chi connectivity index (χ1) is 4.22. The zero-order chi connectivity index (χ0) is 6.85. The minimum absolute atomic E-state index is 0.148. The highest BCUT2D eigenvalue weighted by molar-refractivity contribution is 9.10. The highest BCUT2D eigenvalue weighted by Gasteiger charge is 2.08. The van der Waals surface area contributed by atoms with Crippen molar-refractivity contribution in [3.63, 3.8) is 0 Å². The van der Waals surface area contributed by atoms with Crippen molar-refractivity contribution in [3.8, 4) is 0 Å². The van der Waals surface area contributed by atoms with Gasteiger partial charge in [-0.3, -0.25) is 0 Å². The van der Waals surface area contributed by atoms with Gasteiger partial charge in [0, 0.05) is 0 Å². The third kappa shape index (κ3) is 1.13. The summed E-state index contributed by atoms with van der Waals surface area (Å²) in [6.45, 7) is 0. The first kappa shape index (κ1) is 6.35. The third-order valence-corrected chi connectivity index (χ3v) is 1.46. The number of carboxylic acid groups (broad SMARTS) is 1. The Morgan fingerprint density at radius 1 is 1.67 bits per heavy atom. The van der Waals surface area contributed by atoms with Gasteiger partial charge in [0.25, 0.3) is 0 Å². The predicted molar refractivity (Wildman–Crippen MR) is 33.4 cm³/mol. The highest BCUT2D eigenvalue weighted by Crippen LogP contribution is 2.16. The van der Waals surface area contributed by atoms with Crippen LogP contribution in [0.15, 0.2) is 21.4 Å². The Balaban J connectivity index is 3.08. The summed E-state index contributed by atoms with van der Waals surface area (Å²) in [7, 11) is 0. The van der Waals surface area contributed by atoms with E-state index < -0.39 is 5.97 Å². The van der Waals surface area contributed by atoms with Crippen LogP contribution in [0.3, 0.4) is 0 Å². The molecule has 1 aromatic rings. The van der Waals surface area contributed by atoms with E-state index in [1.54, 1.807) is 0 Å². The van der Waals surface area contributed by atoms with E-state index in [0.717, 1.165) is 0 Å². The Morgan fingerprint density at radius 3 is 2.56 bits per heavy atom. The summed E-state index contributed by atoms with van der Waals surface area (Å²) in [5.41, 5.74) is 0.148. The maximum Gasteiger partial charge on any atom is 0.340 e. The van der Waals surface area contributed by atoms with E-state index in [-0.39, 0.29) is 5.56 Å². The fraction of sp³-hybridized carbons (Fsp3) is 0. The van der Waals surface area contributed by atoms with Crippen LogP contribution in [0, 0.1) is 0 Å². The molecule has 0 aliphatic heterocycles. The first-order valence-corrected chi connectivity index (χ1v) is 2.96. The lowest BCUT2D eigenvalue weighted by Gasteiger charge is -1.82. The lowest BCUT2D eigenvalue weighted by molar-refractivity contribution is 0.0695. The van der Waals surface area contributed by atoms with E-state index in [1.807, 2.05) is 0 Å². The summed E-state index contributed by atoms with van der Waals surface area (Å²) in [6.07, 6.45) is 2.50. The van der Waals surface area contributed by atoms with Crippen LogP contribution in [0.4, 0.5) is 0 Å². The largest absolute Gasteiger partial charge is 0.478 e. The molecular weight excluding hydrogens is 188 g/mol. The molecule has 0 unspecified atom stereocenters. The number of halogens is 1. The lowest BCUT2D eigenvalue weighted by Crippen LogP contribution is -1.92. The van der Waals surface area contributed by atoms with Gasteiger partial charge in [-0.25, -0.2) is 4.79 Å². The maximum absolute atomic E-state index is 10.2. The van der Waals surface area contributed by atoms with Gasteiger partial charge in [-0.15, -0.1) is 0 Å². The summed E-state index contributed by atoms with van der Waals surface area (Å²) >= 11 is 2.99. The van der Waals surface area contributed by atoms with Crippen molar-refractivity contribution in [2.24, 2.45) is 0 Å². The molecule has 0 aromatic carbocycles. The predicted octanol–water partition coefficient (Wildman–Crippen LogP) is 1.74. The monoisotopic (exact) mass is 190 g/mol. The summed E-state index contributed by atoms with van der Waals surface area (Å²) in [5.74, 6) is -0.990. The van der Waals surface area contributed by atoms with Gasteiger partial charge < -0.3 is 9.52 Å². The minimum Gasteiger partial charge on any atom is -0.478 e. The van der Waals surface area contributed by atoms with Crippen LogP contribution in [0.1, 0.15) is 10.4 Å². The standard InChI is InChI=1S/C5H3BrO3/c6-4-2-9-1-3(4)5(7)8/h1-2H,(H,7,8). The van der Waals surface area contributed by atoms with E-state index in [0.29, 0.717) is 4.47 Å². The maximum atomic E-state index is 10.2. The van der Waals surface area contributed by atoms with Crippen LogP contribution in [0.25, 0.3) is 0 Å². The van der Waals surface area contributed by atoms with E-state index in [4.69, 9.17) is 5.11 Å². The molecule has 1 heterocycles. The molecule has 0 aliphatic rings. The molecule has 1 rings (SSSR count). The first-order valence-electron chi connectivity index (χ1n) is 2.17. The Morgan fingerprint density at radius 2 is 2.33 bits per heavy atom. The van der Waals surface area contributed by atoms with Gasteiger partial charge in [0.1, 0.15) is 18.1 Å². The van der Waals surface area contributed by atoms with Crippen molar-refractivity contribution in [2.45, 2.75) is 0 Å². The van der Waals surface area contributed by atoms with Crippen LogP contribution in [-0.2, 0) is 0 Å². The number of aromatic carboxylic acids is 1. The number of hydrogen-bond donors (Lipinski definition) is 1. The van der Waals surface area contributed by atoms with Gasteiger partial charge in [0.15, 0.2) is 0 Å². The van der Waals surface area contributed by atoms with Gasteiger partial charge in [0.2, 0.25) is 0 Å². The number of carboxylic acids is 1. The summed E-state index contributed by atoms with van der Waals surface area (Å²) in [5, 5.41) is 8.36. The molecule has 0 radical (unpaired) electrons. The molecule has 0 amide bonds. The van der Waals surface area contributed by atoms with Crippen molar-refractivity contribution in [1.82, 2.24) is 0 Å². The van der Waals surface area contributed by atoms with Crippen molar-refractivity contribution in [2.75, 3.05) is 0 Å². The van der Waals surface area contributed by atoms with Crippen molar-refractivity contribution in [3.05, 3.63) is 22.6 Å². The molecule has 1 aromatic heterocycles. The smallest absolute Gasteiger partial charge is 0.340 e. The summed E-state index contributed by atoms with van der Waals surface area (Å²) in [6, 6.07) is 0. The van der Waals surface area contributed by atoms with Gasteiger partial charge in [-0.2, -0.15) is 0 Å². The van der Waals surface area contributed by atoms with Crippen molar-refractivity contribution >= 4 is 21.9 Å². The minimum atomic E-state index is -0.990. The molecule has 4 heteroatoms. The fourth-order valence-electron chi connectivity index (χ4n) is 0.434. The molecule has 0 aliphatic carbocycles. The molecule has 0 spiro atoms. The van der Waals surface area contributed by atoms with Crippen LogP contribution >= 0.6 is 15.9 Å². The SMILES string of the molecule is O=C(O)c1cocc1Br. The topological polar surface area (TPSA) is 50.4 Å². The Hall–Kier alpha value is -0.770. The van der Waals surface area contributed by atoms with Gasteiger partial charge in [-0.1, -0.05) is 0 Å². The zero-order valence-electron chi connectivity index (χ0n) is 4.30. The molecule has 0 saturated heterocycles. The van der Waals surface area contributed by atoms with E-state index in [9.17, 15) is 4.79 Å². The second-order valence-electron chi connectivity index (χ2n) is 1.44. The molecule has 1 N–H and O–H groups in total. The van der Waals surface area contributed by atoms with Crippen LogP contribution in [-0.4, -0.2) is 11.1 Å². The average molecular weight is 191 g/mol. The Labute approximate surface area is 59.4 Å². The second kappa shape index (κ2) is 2.23. The summed E-state index contributed by atoms with van der Waals surface area (Å²) in [4.78, 5) is 10.2. The Kier molecular flexibility index (Phi) is 1.57. The van der Waals surface area contributed by atoms with Crippen LogP contribution in [0.2, 0.25) is 0 Å². The average Bonchev–Trinajstić information content (AvgIpc) is 2.13. The normalized spacial score (nSPS) is 9.44. The van der Waals surface area contributed by atoms with Crippen LogP contribution < -0.4 is 0 Å². The molecule has 48 valence electrons. The lowest BCUT2D eigenvalue weighted by atomic mass is 10.4. The third-order valence-electron chi connectivity index (χ3n) is 0.845. The van der Waals surface area contributed by atoms with Gasteiger partial charge >= 0.3 is 5.97 Å². The number of hydrogen-bond acceptors (Lipinski definition) is 2. The number of furan rings is 1. The van der Waals surface area contributed by atoms with E-state index in [2.05, 4.69) is 20.3 Å². The molecule has 0 fully saturated rings. The molecule has 0 saturated carbocycles. The quantitative estimate of drug-likeness (QED) is 0.735. The molecule has 9 heavy (non-hydrogen) atoms.